The van der Waals surface area contributed by atoms with Gasteiger partial charge in [0, 0.05) is 50.8 Å². The molecule has 7 nitrogen and oxygen atoms in total. The zero-order valence-electron chi connectivity index (χ0n) is 14.6. The molecule has 1 aliphatic heterocycles. The molecule has 0 aliphatic carbocycles. The largest absolute Gasteiger partial charge is 0.351 e. The van der Waals surface area contributed by atoms with Gasteiger partial charge in [-0.1, -0.05) is 6.07 Å². The average Bonchev–Trinajstić information content (AvgIpc) is 2.66. The molecule has 1 N–H and O–H groups in total. The second kappa shape index (κ2) is 8.53. The number of rotatable bonds is 6. The van der Waals surface area contributed by atoms with E-state index in [0.717, 1.165) is 50.8 Å². The van der Waals surface area contributed by atoms with E-state index in [-0.39, 0.29) is 5.91 Å². The summed E-state index contributed by atoms with van der Waals surface area (Å²) in [4.78, 5) is 29.5. The lowest BCUT2D eigenvalue weighted by atomic mass is 10.2. The van der Waals surface area contributed by atoms with Crippen molar-refractivity contribution in [2.45, 2.75) is 13.3 Å². The van der Waals surface area contributed by atoms with Crippen LogP contribution in [0, 0.1) is 6.92 Å². The molecule has 132 valence electrons. The molecule has 3 heterocycles. The highest BCUT2D eigenvalue weighted by Crippen LogP contribution is 2.09. The van der Waals surface area contributed by atoms with Gasteiger partial charge in [-0.25, -0.2) is 15.0 Å². The lowest BCUT2D eigenvalue weighted by Crippen LogP contribution is -2.47. The Kier molecular flexibility index (Phi) is 5.90. The summed E-state index contributed by atoms with van der Waals surface area (Å²) in [6.07, 6.45) is 4.49. The maximum atomic E-state index is 12.0. The summed E-state index contributed by atoms with van der Waals surface area (Å²) in [7, 11) is 0. The molecule has 2 aromatic heterocycles. The van der Waals surface area contributed by atoms with E-state index in [1.807, 2.05) is 25.1 Å². The first-order valence-corrected chi connectivity index (χ1v) is 8.68. The second-order valence-electron chi connectivity index (χ2n) is 6.15. The summed E-state index contributed by atoms with van der Waals surface area (Å²) in [6, 6.07) is 7.32. The first-order chi connectivity index (χ1) is 12.2. The minimum atomic E-state index is -0.102. The van der Waals surface area contributed by atoms with E-state index in [0.29, 0.717) is 12.2 Å². The molecule has 7 heteroatoms. The standard InChI is InChI=1S/C18H24N6O/c1-15-5-2-6-16(22-15)17(25)19-9-4-10-23-11-13-24(14-12-23)18-20-7-3-8-21-18/h2-3,5-8H,4,9-14H2,1H3,(H,19,25). The summed E-state index contributed by atoms with van der Waals surface area (Å²) >= 11 is 0. The third kappa shape index (κ3) is 4.96. The first kappa shape index (κ1) is 17.3. The molecule has 1 fully saturated rings. The quantitative estimate of drug-likeness (QED) is 0.795. The second-order valence-corrected chi connectivity index (χ2v) is 6.15. The van der Waals surface area contributed by atoms with Crippen LogP contribution in [0.15, 0.2) is 36.7 Å². The zero-order chi connectivity index (χ0) is 17.5. The summed E-state index contributed by atoms with van der Waals surface area (Å²) in [6.45, 7) is 7.38. The number of nitrogens with zero attached hydrogens (tertiary/aromatic N) is 5. The molecule has 1 amide bonds. The smallest absolute Gasteiger partial charge is 0.269 e. The van der Waals surface area contributed by atoms with Crippen LogP contribution in [0.1, 0.15) is 22.6 Å². The molecule has 3 rings (SSSR count). The Balaban J connectivity index is 1.34. The van der Waals surface area contributed by atoms with Crippen molar-refractivity contribution >= 4 is 11.9 Å². The molecule has 25 heavy (non-hydrogen) atoms. The molecular formula is C18H24N6O. The lowest BCUT2D eigenvalue weighted by molar-refractivity contribution is 0.0946. The Morgan fingerprint density at radius 2 is 1.88 bits per heavy atom. The maximum Gasteiger partial charge on any atom is 0.269 e. The van der Waals surface area contributed by atoms with Crippen LogP contribution >= 0.6 is 0 Å². The van der Waals surface area contributed by atoms with Crippen molar-refractivity contribution in [1.29, 1.82) is 0 Å². The van der Waals surface area contributed by atoms with E-state index in [1.165, 1.54) is 0 Å². The van der Waals surface area contributed by atoms with E-state index < -0.39 is 0 Å². The van der Waals surface area contributed by atoms with Gasteiger partial charge in [-0.3, -0.25) is 9.69 Å². The van der Waals surface area contributed by atoms with Crippen molar-refractivity contribution in [1.82, 2.24) is 25.2 Å². The maximum absolute atomic E-state index is 12.0. The fourth-order valence-corrected chi connectivity index (χ4v) is 2.89. The summed E-state index contributed by atoms with van der Waals surface area (Å²) in [5.41, 5.74) is 1.34. The third-order valence-electron chi connectivity index (χ3n) is 4.26. The summed E-state index contributed by atoms with van der Waals surface area (Å²) in [5.74, 6) is 0.704. The number of aromatic nitrogens is 3. The van der Waals surface area contributed by atoms with Gasteiger partial charge in [0.15, 0.2) is 0 Å². The Hall–Kier alpha value is -2.54. The molecular weight excluding hydrogens is 316 g/mol. The molecule has 0 bridgehead atoms. The number of anilines is 1. The normalized spacial score (nSPS) is 15.2. The van der Waals surface area contributed by atoms with E-state index >= 15 is 0 Å². The number of carbonyl (C=O) groups excluding carboxylic acids is 1. The van der Waals surface area contributed by atoms with E-state index in [4.69, 9.17) is 0 Å². The molecule has 0 aromatic carbocycles. The van der Waals surface area contributed by atoms with Crippen molar-refractivity contribution in [3.05, 3.63) is 48.0 Å². The van der Waals surface area contributed by atoms with Crippen LogP contribution in [0.3, 0.4) is 0 Å². The number of carbonyl (C=O) groups is 1. The molecule has 0 radical (unpaired) electrons. The van der Waals surface area contributed by atoms with Crippen molar-refractivity contribution in [3.8, 4) is 0 Å². The van der Waals surface area contributed by atoms with Crippen molar-refractivity contribution in [2.24, 2.45) is 0 Å². The number of nitrogens with one attached hydrogen (secondary N) is 1. The predicted molar refractivity (Wildman–Crippen MR) is 96.6 cm³/mol. The summed E-state index contributed by atoms with van der Waals surface area (Å²) < 4.78 is 0. The van der Waals surface area contributed by atoms with E-state index in [9.17, 15) is 4.79 Å². The molecule has 0 atom stereocenters. The van der Waals surface area contributed by atoms with E-state index in [2.05, 4.69) is 30.1 Å². The third-order valence-corrected chi connectivity index (χ3v) is 4.26. The van der Waals surface area contributed by atoms with Gasteiger partial charge in [-0.05, 0) is 38.1 Å². The highest BCUT2D eigenvalue weighted by Gasteiger charge is 2.18. The van der Waals surface area contributed by atoms with Crippen molar-refractivity contribution < 1.29 is 4.79 Å². The minimum absolute atomic E-state index is 0.102. The molecule has 2 aromatic rings. The Morgan fingerprint density at radius 3 is 2.60 bits per heavy atom. The van der Waals surface area contributed by atoms with Crippen LogP contribution in [-0.2, 0) is 0 Å². The van der Waals surface area contributed by atoms with Crippen LogP contribution in [-0.4, -0.2) is 65.0 Å². The Morgan fingerprint density at radius 1 is 1.12 bits per heavy atom. The van der Waals surface area contributed by atoms with Gasteiger partial charge in [0.05, 0.1) is 0 Å². The van der Waals surface area contributed by atoms with Crippen LogP contribution in [0.5, 0.6) is 0 Å². The number of hydrogen-bond donors (Lipinski definition) is 1. The first-order valence-electron chi connectivity index (χ1n) is 8.68. The molecule has 0 saturated carbocycles. The van der Waals surface area contributed by atoms with Crippen LogP contribution in [0.25, 0.3) is 0 Å². The van der Waals surface area contributed by atoms with E-state index in [1.54, 1.807) is 18.5 Å². The molecule has 1 aliphatic rings. The highest BCUT2D eigenvalue weighted by atomic mass is 16.1. The van der Waals surface area contributed by atoms with Gasteiger partial charge in [0.25, 0.3) is 5.91 Å². The average molecular weight is 340 g/mol. The van der Waals surface area contributed by atoms with Crippen molar-refractivity contribution in [2.75, 3.05) is 44.2 Å². The number of aryl methyl sites for hydroxylation is 1. The zero-order valence-corrected chi connectivity index (χ0v) is 14.6. The molecule has 1 saturated heterocycles. The number of pyridine rings is 1. The van der Waals surface area contributed by atoms with Crippen LogP contribution in [0.2, 0.25) is 0 Å². The highest BCUT2D eigenvalue weighted by molar-refractivity contribution is 5.92. The fourth-order valence-electron chi connectivity index (χ4n) is 2.89. The Bertz CT molecular complexity index is 685. The molecule has 0 unspecified atom stereocenters. The van der Waals surface area contributed by atoms with Gasteiger partial charge in [-0.2, -0.15) is 0 Å². The van der Waals surface area contributed by atoms with Crippen LogP contribution < -0.4 is 10.2 Å². The number of piperazine rings is 1. The topological polar surface area (TPSA) is 74.2 Å². The number of amides is 1. The minimum Gasteiger partial charge on any atom is -0.351 e. The SMILES string of the molecule is Cc1cccc(C(=O)NCCCN2CCN(c3ncccn3)CC2)n1. The van der Waals surface area contributed by atoms with Gasteiger partial charge in [0.2, 0.25) is 5.95 Å². The predicted octanol–water partition coefficient (Wildman–Crippen LogP) is 1.12. The monoisotopic (exact) mass is 340 g/mol. The Labute approximate surface area is 148 Å². The number of hydrogen-bond acceptors (Lipinski definition) is 6. The van der Waals surface area contributed by atoms with Gasteiger partial charge < -0.3 is 10.2 Å². The lowest BCUT2D eigenvalue weighted by Gasteiger charge is -2.34. The van der Waals surface area contributed by atoms with Gasteiger partial charge >= 0.3 is 0 Å². The van der Waals surface area contributed by atoms with Gasteiger partial charge in [0.1, 0.15) is 5.69 Å². The van der Waals surface area contributed by atoms with Crippen molar-refractivity contribution in [3.63, 3.8) is 0 Å². The molecule has 0 spiro atoms. The van der Waals surface area contributed by atoms with Crippen LogP contribution in [0.4, 0.5) is 5.95 Å². The fraction of sp³-hybridized carbons (Fsp3) is 0.444. The van der Waals surface area contributed by atoms with Gasteiger partial charge in [-0.15, -0.1) is 0 Å². The summed E-state index contributed by atoms with van der Waals surface area (Å²) in [5, 5.41) is 2.94.